The molecule has 0 amide bonds. The van der Waals surface area contributed by atoms with Crippen LogP contribution in [-0.2, 0) is 7.05 Å². The Morgan fingerprint density at radius 2 is 1.89 bits per heavy atom. The molecular formula is C14H23ClN4. The van der Waals surface area contributed by atoms with Crippen molar-refractivity contribution in [2.24, 2.45) is 13.0 Å². The third-order valence-corrected chi connectivity index (χ3v) is 3.93. The molecule has 0 aliphatic carbocycles. The van der Waals surface area contributed by atoms with Crippen molar-refractivity contribution in [2.45, 2.75) is 52.5 Å². The van der Waals surface area contributed by atoms with Gasteiger partial charge in [0.05, 0.1) is 11.1 Å². The average Bonchev–Trinajstić information content (AvgIpc) is 2.80. The summed E-state index contributed by atoms with van der Waals surface area (Å²) in [6.45, 7) is 10.7. The molecule has 0 aliphatic rings. The van der Waals surface area contributed by atoms with Gasteiger partial charge in [0, 0.05) is 13.1 Å². The van der Waals surface area contributed by atoms with E-state index in [0.717, 1.165) is 29.1 Å². The summed E-state index contributed by atoms with van der Waals surface area (Å²) in [7, 11) is 1.98. The van der Waals surface area contributed by atoms with Crippen molar-refractivity contribution in [3.8, 4) is 0 Å². The van der Waals surface area contributed by atoms with Crippen LogP contribution in [0.4, 0.5) is 0 Å². The highest BCUT2D eigenvalue weighted by molar-refractivity contribution is 6.20. The molecule has 2 unspecified atom stereocenters. The molecule has 0 fully saturated rings. The molecule has 5 heteroatoms. The van der Waals surface area contributed by atoms with Gasteiger partial charge >= 0.3 is 0 Å². The fourth-order valence-corrected chi connectivity index (χ4v) is 3.03. The number of aryl methyl sites for hydroxylation is 2. The van der Waals surface area contributed by atoms with Crippen molar-refractivity contribution >= 4 is 22.8 Å². The van der Waals surface area contributed by atoms with Gasteiger partial charge < -0.3 is 4.57 Å². The van der Waals surface area contributed by atoms with E-state index in [4.69, 9.17) is 16.6 Å². The van der Waals surface area contributed by atoms with E-state index in [1.807, 2.05) is 25.6 Å². The first-order valence-electron chi connectivity index (χ1n) is 6.93. The minimum absolute atomic E-state index is 0.0976. The zero-order chi connectivity index (χ0) is 14.3. The molecule has 2 rings (SSSR count). The van der Waals surface area contributed by atoms with Gasteiger partial charge in [-0.2, -0.15) is 5.10 Å². The van der Waals surface area contributed by atoms with E-state index in [0.29, 0.717) is 12.0 Å². The van der Waals surface area contributed by atoms with Crippen LogP contribution in [-0.4, -0.2) is 19.3 Å². The van der Waals surface area contributed by atoms with Crippen LogP contribution in [0.3, 0.4) is 0 Å². The summed E-state index contributed by atoms with van der Waals surface area (Å²) in [4.78, 5) is 4.73. The topological polar surface area (TPSA) is 35.6 Å². The quantitative estimate of drug-likeness (QED) is 0.795. The highest BCUT2D eigenvalue weighted by atomic mass is 35.5. The smallest absolute Gasteiger partial charge is 0.158 e. The Labute approximate surface area is 119 Å². The first-order chi connectivity index (χ1) is 8.88. The van der Waals surface area contributed by atoms with Crippen LogP contribution in [0.2, 0.25) is 0 Å². The fraction of sp³-hybridized carbons (Fsp3) is 0.714. The number of rotatable bonds is 4. The van der Waals surface area contributed by atoms with Crippen molar-refractivity contribution < 1.29 is 0 Å². The molecule has 0 aliphatic heterocycles. The Morgan fingerprint density at radius 3 is 2.37 bits per heavy atom. The van der Waals surface area contributed by atoms with Crippen LogP contribution in [0.25, 0.3) is 11.2 Å². The summed E-state index contributed by atoms with van der Waals surface area (Å²) in [6.07, 6.45) is 1.06. The molecule has 2 aromatic heterocycles. The molecule has 106 valence electrons. The number of imidazole rings is 1. The van der Waals surface area contributed by atoms with Crippen molar-refractivity contribution in [3.05, 3.63) is 11.5 Å². The minimum atomic E-state index is -0.0976. The Morgan fingerprint density at radius 1 is 1.26 bits per heavy atom. The standard InChI is InChI=1S/C14H23ClN4/c1-7-11(8(2)3)19-13(9(4)15)16-12-10(5)17-18(6)14(12)19/h8-9,11H,7H2,1-6H3. The molecule has 4 nitrogen and oxygen atoms in total. The Balaban J connectivity index is 2.77. The number of aromatic nitrogens is 4. The summed E-state index contributed by atoms with van der Waals surface area (Å²) in [5.41, 5.74) is 3.03. The maximum absolute atomic E-state index is 6.33. The molecule has 2 aromatic rings. The number of halogens is 1. The van der Waals surface area contributed by atoms with Crippen LogP contribution < -0.4 is 0 Å². The Kier molecular flexibility index (Phi) is 3.90. The second kappa shape index (κ2) is 5.16. The normalized spacial score (nSPS) is 15.4. The summed E-state index contributed by atoms with van der Waals surface area (Å²) in [6, 6.07) is 0.399. The zero-order valence-corrected chi connectivity index (χ0v) is 13.4. The minimum Gasteiger partial charge on any atom is -0.308 e. The molecule has 0 aromatic carbocycles. The average molecular weight is 283 g/mol. The lowest BCUT2D eigenvalue weighted by Gasteiger charge is -2.24. The highest BCUT2D eigenvalue weighted by Gasteiger charge is 2.26. The molecule has 19 heavy (non-hydrogen) atoms. The lowest BCUT2D eigenvalue weighted by Crippen LogP contribution is -2.19. The van der Waals surface area contributed by atoms with Crippen molar-refractivity contribution in [2.75, 3.05) is 0 Å². The van der Waals surface area contributed by atoms with Crippen molar-refractivity contribution in [3.63, 3.8) is 0 Å². The Bertz CT molecular complexity index is 580. The maximum atomic E-state index is 6.33. The largest absolute Gasteiger partial charge is 0.308 e. The number of fused-ring (bicyclic) bond motifs is 1. The molecule has 2 heterocycles. The third-order valence-electron chi connectivity index (χ3n) is 3.74. The highest BCUT2D eigenvalue weighted by Crippen LogP contribution is 2.33. The van der Waals surface area contributed by atoms with Gasteiger partial charge in [0.1, 0.15) is 11.3 Å². The zero-order valence-electron chi connectivity index (χ0n) is 12.6. The number of hydrogen-bond donors (Lipinski definition) is 0. The molecule has 2 atom stereocenters. The van der Waals surface area contributed by atoms with Gasteiger partial charge in [-0.3, -0.25) is 4.68 Å². The molecule has 0 saturated heterocycles. The number of nitrogens with zero attached hydrogens (tertiary/aromatic N) is 4. The van der Waals surface area contributed by atoms with Crippen LogP contribution in [0, 0.1) is 12.8 Å². The predicted octanol–water partition coefficient (Wildman–Crippen LogP) is 3.99. The summed E-state index contributed by atoms with van der Waals surface area (Å²) < 4.78 is 4.21. The Hall–Kier alpha value is -1.03. The summed E-state index contributed by atoms with van der Waals surface area (Å²) in [5, 5.41) is 4.38. The van der Waals surface area contributed by atoms with Gasteiger partial charge in [0.15, 0.2) is 5.65 Å². The number of alkyl halides is 1. The van der Waals surface area contributed by atoms with E-state index < -0.39 is 0 Å². The van der Waals surface area contributed by atoms with Gasteiger partial charge in [-0.15, -0.1) is 11.6 Å². The van der Waals surface area contributed by atoms with Crippen LogP contribution >= 0.6 is 11.6 Å². The molecular weight excluding hydrogens is 260 g/mol. The van der Waals surface area contributed by atoms with E-state index in [9.17, 15) is 0 Å². The van der Waals surface area contributed by atoms with E-state index in [1.165, 1.54) is 0 Å². The van der Waals surface area contributed by atoms with Gasteiger partial charge in [0.2, 0.25) is 0 Å². The second-order valence-electron chi connectivity index (χ2n) is 5.56. The summed E-state index contributed by atoms with van der Waals surface area (Å²) in [5.74, 6) is 1.49. The van der Waals surface area contributed by atoms with Crippen LogP contribution in [0.15, 0.2) is 0 Å². The van der Waals surface area contributed by atoms with Crippen molar-refractivity contribution in [1.29, 1.82) is 0 Å². The lowest BCUT2D eigenvalue weighted by molar-refractivity contribution is 0.360. The van der Waals surface area contributed by atoms with Gasteiger partial charge in [-0.1, -0.05) is 20.8 Å². The van der Waals surface area contributed by atoms with Gasteiger partial charge in [-0.25, -0.2) is 4.98 Å². The third kappa shape index (κ3) is 2.27. The van der Waals surface area contributed by atoms with Gasteiger partial charge in [-0.05, 0) is 26.2 Å². The monoisotopic (exact) mass is 282 g/mol. The molecule has 0 radical (unpaired) electrons. The van der Waals surface area contributed by atoms with Crippen LogP contribution in [0.5, 0.6) is 0 Å². The lowest BCUT2D eigenvalue weighted by atomic mass is 10.0. The first-order valence-corrected chi connectivity index (χ1v) is 7.37. The predicted molar refractivity (Wildman–Crippen MR) is 79.7 cm³/mol. The van der Waals surface area contributed by atoms with E-state index in [-0.39, 0.29) is 5.38 Å². The first kappa shape index (κ1) is 14.4. The maximum Gasteiger partial charge on any atom is 0.158 e. The molecule has 0 N–H and O–H groups in total. The fourth-order valence-electron chi connectivity index (χ4n) is 2.87. The molecule has 0 bridgehead atoms. The van der Waals surface area contributed by atoms with Crippen LogP contribution in [0.1, 0.15) is 57.1 Å². The molecule has 0 spiro atoms. The van der Waals surface area contributed by atoms with Gasteiger partial charge in [0.25, 0.3) is 0 Å². The van der Waals surface area contributed by atoms with E-state index >= 15 is 0 Å². The van der Waals surface area contributed by atoms with E-state index in [2.05, 4.69) is 30.4 Å². The summed E-state index contributed by atoms with van der Waals surface area (Å²) >= 11 is 6.33. The second-order valence-corrected chi connectivity index (χ2v) is 6.21. The van der Waals surface area contributed by atoms with Crippen molar-refractivity contribution in [1.82, 2.24) is 19.3 Å². The molecule has 0 saturated carbocycles. The SMILES string of the molecule is CCC(C(C)C)n1c(C(C)Cl)nc2c(C)nn(C)c21. The number of hydrogen-bond acceptors (Lipinski definition) is 2. The van der Waals surface area contributed by atoms with E-state index in [1.54, 1.807) is 0 Å².